The zero-order chi connectivity index (χ0) is 18.1. The molecule has 2 aromatic rings. The second kappa shape index (κ2) is 9.32. The molecule has 0 atom stereocenters. The molecule has 0 aliphatic rings. The molecule has 0 saturated heterocycles. The quantitative estimate of drug-likeness (QED) is 0.572. The summed E-state index contributed by atoms with van der Waals surface area (Å²) in [6.07, 6.45) is 1.47. The van der Waals surface area contributed by atoms with Gasteiger partial charge in [0.1, 0.15) is 11.5 Å². The zero-order valence-electron chi connectivity index (χ0n) is 14.5. The van der Waals surface area contributed by atoms with E-state index in [0.717, 1.165) is 5.69 Å². The molecule has 0 saturated carbocycles. The van der Waals surface area contributed by atoms with Crippen LogP contribution in [0.15, 0.2) is 53.6 Å². The fraction of sp³-hybridized carbons (Fsp3) is 0.263. The molecule has 6 heteroatoms. The molecule has 1 amide bonds. The molecule has 0 aromatic heterocycles. The number of phenols is 1. The van der Waals surface area contributed by atoms with Crippen LogP contribution in [0, 0.1) is 0 Å². The highest BCUT2D eigenvalue weighted by molar-refractivity contribution is 5.85. The lowest BCUT2D eigenvalue weighted by Crippen LogP contribution is -2.35. The molecule has 2 aromatic carbocycles. The highest BCUT2D eigenvalue weighted by Gasteiger charge is 2.08. The van der Waals surface area contributed by atoms with Crippen molar-refractivity contribution >= 4 is 17.8 Å². The van der Waals surface area contributed by atoms with Gasteiger partial charge in [0.15, 0.2) is 0 Å². The standard InChI is InChI=1S/C19H23N3O3/c1-3-22(16-8-6-5-7-9-16)14-19(24)21-20-13-15-10-17(23)12-18(11-15)25-4-2/h5-13,23H,3-4,14H2,1-2H3,(H,21,24)/b20-13-. The van der Waals surface area contributed by atoms with Gasteiger partial charge in [-0.15, -0.1) is 0 Å². The lowest BCUT2D eigenvalue weighted by Gasteiger charge is -2.21. The van der Waals surface area contributed by atoms with Crippen LogP contribution < -0.4 is 15.1 Å². The molecular weight excluding hydrogens is 318 g/mol. The van der Waals surface area contributed by atoms with E-state index in [4.69, 9.17) is 4.74 Å². The molecular formula is C19H23N3O3. The van der Waals surface area contributed by atoms with Crippen LogP contribution in [-0.2, 0) is 4.79 Å². The maximum Gasteiger partial charge on any atom is 0.259 e. The van der Waals surface area contributed by atoms with E-state index >= 15 is 0 Å². The molecule has 132 valence electrons. The maximum absolute atomic E-state index is 12.1. The van der Waals surface area contributed by atoms with Crippen molar-refractivity contribution in [3.63, 3.8) is 0 Å². The van der Waals surface area contributed by atoms with Crippen LogP contribution in [0.4, 0.5) is 5.69 Å². The molecule has 0 aliphatic heterocycles. The van der Waals surface area contributed by atoms with Gasteiger partial charge < -0.3 is 14.7 Å². The summed E-state index contributed by atoms with van der Waals surface area (Å²) < 4.78 is 5.36. The largest absolute Gasteiger partial charge is 0.508 e. The number of carbonyl (C=O) groups excluding carboxylic acids is 1. The minimum atomic E-state index is -0.216. The van der Waals surface area contributed by atoms with Gasteiger partial charge >= 0.3 is 0 Å². The van der Waals surface area contributed by atoms with Crippen molar-refractivity contribution < 1.29 is 14.6 Å². The van der Waals surface area contributed by atoms with Crippen LogP contribution in [0.5, 0.6) is 11.5 Å². The normalized spacial score (nSPS) is 10.6. The van der Waals surface area contributed by atoms with Gasteiger partial charge in [-0.25, -0.2) is 5.43 Å². The molecule has 2 N–H and O–H groups in total. The van der Waals surface area contributed by atoms with E-state index in [1.807, 2.05) is 49.1 Å². The number of para-hydroxylation sites is 1. The van der Waals surface area contributed by atoms with E-state index in [1.54, 1.807) is 12.1 Å². The summed E-state index contributed by atoms with van der Waals surface area (Å²) in [5.41, 5.74) is 4.13. The summed E-state index contributed by atoms with van der Waals surface area (Å²) >= 11 is 0. The van der Waals surface area contributed by atoms with E-state index in [-0.39, 0.29) is 18.2 Å². The van der Waals surface area contributed by atoms with Crippen molar-refractivity contribution in [2.75, 3.05) is 24.6 Å². The summed E-state index contributed by atoms with van der Waals surface area (Å²) in [4.78, 5) is 14.0. The maximum atomic E-state index is 12.1. The third kappa shape index (κ3) is 5.84. The van der Waals surface area contributed by atoms with Gasteiger partial charge in [0.05, 0.1) is 19.4 Å². The Balaban J connectivity index is 1.94. The average Bonchev–Trinajstić information content (AvgIpc) is 2.60. The topological polar surface area (TPSA) is 74.2 Å². The zero-order valence-corrected chi connectivity index (χ0v) is 14.5. The minimum Gasteiger partial charge on any atom is -0.508 e. The number of aromatic hydroxyl groups is 1. The van der Waals surface area contributed by atoms with Crippen molar-refractivity contribution in [3.8, 4) is 11.5 Å². The van der Waals surface area contributed by atoms with Crippen molar-refractivity contribution in [1.82, 2.24) is 5.43 Å². The number of carbonyl (C=O) groups is 1. The Kier molecular flexibility index (Phi) is 6.83. The lowest BCUT2D eigenvalue weighted by atomic mass is 10.2. The van der Waals surface area contributed by atoms with E-state index < -0.39 is 0 Å². The molecule has 0 spiro atoms. The molecule has 0 fully saturated rings. The number of rotatable bonds is 8. The highest BCUT2D eigenvalue weighted by atomic mass is 16.5. The van der Waals surface area contributed by atoms with Gasteiger partial charge in [0, 0.05) is 23.9 Å². The number of hydrogen-bond donors (Lipinski definition) is 2. The number of nitrogens with one attached hydrogen (secondary N) is 1. The Morgan fingerprint density at radius 2 is 2.00 bits per heavy atom. The number of hydrazone groups is 1. The molecule has 25 heavy (non-hydrogen) atoms. The average molecular weight is 341 g/mol. The second-order valence-corrected chi connectivity index (χ2v) is 5.34. The number of hydrogen-bond acceptors (Lipinski definition) is 5. The van der Waals surface area contributed by atoms with Gasteiger partial charge in [-0.1, -0.05) is 18.2 Å². The van der Waals surface area contributed by atoms with Crippen molar-refractivity contribution in [2.24, 2.45) is 5.10 Å². The molecule has 0 aliphatic carbocycles. The van der Waals surface area contributed by atoms with Crippen molar-refractivity contribution in [3.05, 3.63) is 54.1 Å². The monoisotopic (exact) mass is 341 g/mol. The Bertz CT molecular complexity index is 717. The molecule has 6 nitrogen and oxygen atoms in total. The van der Waals surface area contributed by atoms with Crippen LogP contribution in [0.1, 0.15) is 19.4 Å². The summed E-state index contributed by atoms with van der Waals surface area (Å²) in [5, 5.41) is 13.6. The minimum absolute atomic E-state index is 0.0833. The number of benzene rings is 2. The van der Waals surface area contributed by atoms with Crippen LogP contribution in [0.2, 0.25) is 0 Å². The van der Waals surface area contributed by atoms with Crippen molar-refractivity contribution in [1.29, 1.82) is 0 Å². The smallest absolute Gasteiger partial charge is 0.259 e. The van der Waals surface area contributed by atoms with Crippen LogP contribution >= 0.6 is 0 Å². The third-order valence-corrected chi connectivity index (χ3v) is 3.47. The first-order valence-corrected chi connectivity index (χ1v) is 8.21. The molecule has 0 unspecified atom stereocenters. The first kappa shape index (κ1) is 18.3. The van der Waals surface area contributed by atoms with Gasteiger partial charge in [0.2, 0.25) is 0 Å². The Morgan fingerprint density at radius 1 is 1.24 bits per heavy atom. The Hall–Kier alpha value is -3.02. The van der Waals surface area contributed by atoms with E-state index in [2.05, 4.69) is 10.5 Å². The Labute approximate surface area is 147 Å². The second-order valence-electron chi connectivity index (χ2n) is 5.34. The van der Waals surface area contributed by atoms with E-state index in [9.17, 15) is 9.90 Å². The fourth-order valence-corrected chi connectivity index (χ4v) is 2.34. The van der Waals surface area contributed by atoms with E-state index in [0.29, 0.717) is 24.5 Å². The molecule has 0 bridgehead atoms. The predicted molar refractivity (Wildman–Crippen MR) is 99.3 cm³/mol. The number of likely N-dealkylation sites (N-methyl/N-ethyl adjacent to an activating group) is 1. The third-order valence-electron chi connectivity index (χ3n) is 3.47. The predicted octanol–water partition coefficient (Wildman–Crippen LogP) is 2.77. The fourth-order valence-electron chi connectivity index (χ4n) is 2.34. The number of amides is 1. The van der Waals surface area contributed by atoms with E-state index in [1.165, 1.54) is 12.3 Å². The number of ether oxygens (including phenoxy) is 1. The van der Waals surface area contributed by atoms with Gasteiger partial charge in [-0.2, -0.15) is 5.10 Å². The SMILES string of the molecule is CCOc1cc(O)cc(/C=N\NC(=O)CN(CC)c2ccccc2)c1. The summed E-state index contributed by atoms with van der Waals surface area (Å²) in [6.45, 7) is 5.28. The van der Waals surface area contributed by atoms with Gasteiger partial charge in [-0.05, 0) is 38.1 Å². The molecule has 0 heterocycles. The lowest BCUT2D eigenvalue weighted by molar-refractivity contribution is -0.119. The number of anilines is 1. The van der Waals surface area contributed by atoms with Crippen LogP contribution in [-0.4, -0.2) is 36.9 Å². The summed E-state index contributed by atoms with van der Waals surface area (Å²) in [5.74, 6) is 0.420. The van der Waals surface area contributed by atoms with Gasteiger partial charge in [-0.3, -0.25) is 4.79 Å². The highest BCUT2D eigenvalue weighted by Crippen LogP contribution is 2.20. The first-order chi connectivity index (χ1) is 12.1. The number of nitrogens with zero attached hydrogens (tertiary/aromatic N) is 2. The summed E-state index contributed by atoms with van der Waals surface area (Å²) in [7, 11) is 0. The number of phenolic OH excluding ortho intramolecular Hbond substituents is 1. The van der Waals surface area contributed by atoms with Crippen LogP contribution in [0.25, 0.3) is 0 Å². The molecule has 2 rings (SSSR count). The van der Waals surface area contributed by atoms with Crippen LogP contribution in [0.3, 0.4) is 0 Å². The first-order valence-electron chi connectivity index (χ1n) is 8.21. The molecule has 0 radical (unpaired) electrons. The Morgan fingerprint density at radius 3 is 2.68 bits per heavy atom. The van der Waals surface area contributed by atoms with Crippen molar-refractivity contribution in [2.45, 2.75) is 13.8 Å². The van der Waals surface area contributed by atoms with Gasteiger partial charge in [0.25, 0.3) is 5.91 Å². The summed E-state index contributed by atoms with van der Waals surface area (Å²) in [6, 6.07) is 14.5.